The number of rotatable bonds is 4. The molecule has 1 N–H and O–H groups in total. The van der Waals surface area contributed by atoms with E-state index in [2.05, 4.69) is 0 Å². The molecule has 1 atom stereocenters. The van der Waals surface area contributed by atoms with Crippen LogP contribution >= 0.6 is 0 Å². The van der Waals surface area contributed by atoms with E-state index in [1.165, 1.54) is 0 Å². The molecular weight excluding hydrogens is 215 g/mol. The smallest absolute Gasteiger partial charge is 0.550 e. The van der Waals surface area contributed by atoms with Crippen molar-refractivity contribution < 1.29 is 44.6 Å². The standard InChI is InChI=1S/C12H16O3.Na/c1-8-4-3-5-10(9(8)2)11(13)6-7-12(14)15;/h3-5,11,13H,6-7H2,1-2H3,(H,14,15);/q;+1/p-1. The van der Waals surface area contributed by atoms with Crippen LogP contribution in [-0.4, -0.2) is 11.1 Å². The molecule has 0 spiro atoms. The van der Waals surface area contributed by atoms with Gasteiger partial charge in [-0.15, -0.1) is 0 Å². The van der Waals surface area contributed by atoms with Gasteiger partial charge in [0.25, 0.3) is 0 Å². The molecule has 0 aromatic heterocycles. The topological polar surface area (TPSA) is 60.4 Å². The first-order valence-corrected chi connectivity index (χ1v) is 4.96. The summed E-state index contributed by atoms with van der Waals surface area (Å²) in [5, 5.41) is 20.0. The molecule has 0 aliphatic rings. The first-order chi connectivity index (χ1) is 7.02. The van der Waals surface area contributed by atoms with Gasteiger partial charge in [-0.25, -0.2) is 0 Å². The van der Waals surface area contributed by atoms with Gasteiger partial charge in [-0.05, 0) is 43.4 Å². The average Bonchev–Trinajstić information content (AvgIpc) is 2.18. The van der Waals surface area contributed by atoms with Gasteiger partial charge >= 0.3 is 29.6 Å². The third-order valence-corrected chi connectivity index (χ3v) is 2.63. The van der Waals surface area contributed by atoms with Gasteiger partial charge in [-0.2, -0.15) is 0 Å². The van der Waals surface area contributed by atoms with Crippen molar-refractivity contribution in [2.24, 2.45) is 0 Å². The zero-order chi connectivity index (χ0) is 11.4. The van der Waals surface area contributed by atoms with Crippen LogP contribution in [0.5, 0.6) is 0 Å². The van der Waals surface area contributed by atoms with E-state index in [-0.39, 0.29) is 42.4 Å². The van der Waals surface area contributed by atoms with Crippen molar-refractivity contribution in [3.63, 3.8) is 0 Å². The van der Waals surface area contributed by atoms with E-state index in [9.17, 15) is 15.0 Å². The summed E-state index contributed by atoms with van der Waals surface area (Å²) in [5.41, 5.74) is 2.92. The van der Waals surface area contributed by atoms with Crippen LogP contribution in [-0.2, 0) is 4.79 Å². The molecule has 1 aromatic rings. The molecule has 0 fully saturated rings. The first-order valence-electron chi connectivity index (χ1n) is 4.96. The molecule has 1 unspecified atom stereocenters. The van der Waals surface area contributed by atoms with Crippen LogP contribution in [0.2, 0.25) is 0 Å². The predicted molar refractivity (Wildman–Crippen MR) is 55.1 cm³/mol. The van der Waals surface area contributed by atoms with E-state index in [1.54, 1.807) is 0 Å². The van der Waals surface area contributed by atoms with Gasteiger partial charge in [0.15, 0.2) is 0 Å². The summed E-state index contributed by atoms with van der Waals surface area (Å²) in [6.45, 7) is 3.89. The van der Waals surface area contributed by atoms with Crippen molar-refractivity contribution in [2.75, 3.05) is 0 Å². The summed E-state index contributed by atoms with van der Waals surface area (Å²) in [6.07, 6.45) is -0.635. The molecule has 0 radical (unpaired) electrons. The zero-order valence-corrected chi connectivity index (χ0v) is 12.0. The summed E-state index contributed by atoms with van der Waals surface area (Å²) in [7, 11) is 0. The molecule has 1 rings (SSSR count). The Bertz CT molecular complexity index is 363. The van der Waals surface area contributed by atoms with Gasteiger partial charge in [0.05, 0.1) is 6.10 Å². The van der Waals surface area contributed by atoms with Gasteiger partial charge in [0.2, 0.25) is 0 Å². The molecule has 0 aliphatic heterocycles. The van der Waals surface area contributed by atoms with Crippen molar-refractivity contribution >= 4 is 5.97 Å². The maximum atomic E-state index is 10.3. The number of carboxylic acids is 1. The second kappa shape index (κ2) is 7.07. The number of aliphatic hydroxyl groups excluding tert-OH is 1. The van der Waals surface area contributed by atoms with Crippen molar-refractivity contribution in [1.82, 2.24) is 0 Å². The van der Waals surface area contributed by atoms with Gasteiger partial charge in [-0.1, -0.05) is 18.2 Å². The minimum Gasteiger partial charge on any atom is -0.550 e. The number of carboxylic acid groups (broad SMARTS) is 1. The second-order valence-electron chi connectivity index (χ2n) is 3.72. The fourth-order valence-corrected chi connectivity index (χ4v) is 1.54. The number of aliphatic hydroxyl groups is 1. The molecular formula is C12H15NaO3. The summed E-state index contributed by atoms with van der Waals surface area (Å²) in [4.78, 5) is 10.3. The fraction of sp³-hybridized carbons (Fsp3) is 0.417. The van der Waals surface area contributed by atoms with Crippen LogP contribution in [0, 0.1) is 13.8 Å². The van der Waals surface area contributed by atoms with Crippen LogP contribution < -0.4 is 34.7 Å². The third-order valence-electron chi connectivity index (χ3n) is 2.63. The zero-order valence-electron chi connectivity index (χ0n) is 9.99. The summed E-state index contributed by atoms with van der Waals surface area (Å²) in [6, 6.07) is 5.65. The second-order valence-corrected chi connectivity index (χ2v) is 3.72. The van der Waals surface area contributed by atoms with Crippen LogP contribution in [0.25, 0.3) is 0 Å². The molecule has 0 heterocycles. The molecule has 0 amide bonds. The van der Waals surface area contributed by atoms with E-state index < -0.39 is 12.1 Å². The normalized spacial score (nSPS) is 11.7. The van der Waals surface area contributed by atoms with Gasteiger partial charge in [0, 0.05) is 5.97 Å². The van der Waals surface area contributed by atoms with E-state index in [1.807, 2.05) is 32.0 Å². The summed E-state index contributed by atoms with van der Waals surface area (Å²) >= 11 is 0. The van der Waals surface area contributed by atoms with E-state index >= 15 is 0 Å². The maximum absolute atomic E-state index is 10.3. The largest absolute Gasteiger partial charge is 1.00 e. The summed E-state index contributed by atoms with van der Waals surface area (Å²) in [5.74, 6) is -1.13. The summed E-state index contributed by atoms with van der Waals surface area (Å²) < 4.78 is 0. The van der Waals surface area contributed by atoms with Crippen molar-refractivity contribution in [3.8, 4) is 0 Å². The number of aryl methyl sites for hydroxylation is 1. The minimum absolute atomic E-state index is 0. The van der Waals surface area contributed by atoms with Gasteiger partial charge in [-0.3, -0.25) is 0 Å². The molecule has 0 bridgehead atoms. The number of hydrogen-bond acceptors (Lipinski definition) is 3. The number of carbonyl (C=O) groups is 1. The fourth-order valence-electron chi connectivity index (χ4n) is 1.54. The van der Waals surface area contributed by atoms with Crippen molar-refractivity contribution in [2.45, 2.75) is 32.8 Å². The van der Waals surface area contributed by atoms with Crippen LogP contribution in [0.4, 0.5) is 0 Å². The number of carbonyl (C=O) groups excluding carboxylic acids is 1. The Morgan fingerprint density at radius 3 is 2.62 bits per heavy atom. The number of benzene rings is 1. The van der Waals surface area contributed by atoms with Crippen molar-refractivity contribution in [3.05, 3.63) is 34.9 Å². The molecule has 4 heteroatoms. The molecule has 3 nitrogen and oxygen atoms in total. The van der Waals surface area contributed by atoms with E-state index in [4.69, 9.17) is 0 Å². The van der Waals surface area contributed by atoms with Gasteiger partial charge < -0.3 is 15.0 Å². The third kappa shape index (κ3) is 4.26. The molecule has 0 saturated carbocycles. The Labute approximate surface area is 118 Å². The Morgan fingerprint density at radius 2 is 2.06 bits per heavy atom. The molecule has 0 saturated heterocycles. The molecule has 1 aromatic carbocycles. The maximum Gasteiger partial charge on any atom is 1.00 e. The Balaban J connectivity index is 0.00000225. The van der Waals surface area contributed by atoms with Crippen LogP contribution in [0.1, 0.15) is 35.6 Å². The minimum atomic E-state index is -1.13. The quantitative estimate of drug-likeness (QED) is 0.601. The molecule has 0 aliphatic carbocycles. The average molecular weight is 230 g/mol. The van der Waals surface area contributed by atoms with E-state index in [0.29, 0.717) is 0 Å². The Morgan fingerprint density at radius 1 is 1.44 bits per heavy atom. The van der Waals surface area contributed by atoms with Gasteiger partial charge in [0.1, 0.15) is 0 Å². The number of hydrogen-bond donors (Lipinski definition) is 1. The molecule has 16 heavy (non-hydrogen) atoms. The SMILES string of the molecule is Cc1cccc(C(O)CCC(=O)[O-])c1C.[Na+]. The van der Waals surface area contributed by atoms with E-state index in [0.717, 1.165) is 16.7 Å². The number of aliphatic carboxylic acids is 1. The Hall–Kier alpha value is -0.350. The molecule has 82 valence electrons. The first kappa shape index (κ1) is 15.7. The Kier molecular flexibility index (Phi) is 6.91. The van der Waals surface area contributed by atoms with Crippen LogP contribution in [0.3, 0.4) is 0 Å². The van der Waals surface area contributed by atoms with Crippen LogP contribution in [0.15, 0.2) is 18.2 Å². The van der Waals surface area contributed by atoms with Crippen molar-refractivity contribution in [1.29, 1.82) is 0 Å². The predicted octanol–water partition coefficient (Wildman–Crippen LogP) is -2.13. The monoisotopic (exact) mass is 230 g/mol.